The van der Waals surface area contributed by atoms with Crippen molar-refractivity contribution in [2.24, 2.45) is 0 Å². The van der Waals surface area contributed by atoms with Crippen molar-refractivity contribution in [2.45, 2.75) is 0 Å². The zero-order chi connectivity index (χ0) is 9.26. The molecule has 1 aliphatic rings. The number of carbonyl (C=O) groups is 2. The first kappa shape index (κ1) is 7.60. The van der Waals surface area contributed by atoms with Crippen LogP contribution < -0.4 is 5.32 Å². The fourth-order valence-corrected chi connectivity index (χ4v) is 1.02. The molecular weight excluding hydrogens is 170 g/mol. The molecule has 0 aromatic carbocycles. The highest BCUT2D eigenvalue weighted by molar-refractivity contribution is 6.32. The topological polar surface area (TPSA) is 72.0 Å². The Balaban J connectivity index is 2.43. The molecule has 0 fully saturated rings. The normalized spacial score (nSPS) is 15.5. The molecule has 0 aliphatic carbocycles. The summed E-state index contributed by atoms with van der Waals surface area (Å²) in [5.41, 5.74) is 0.214. The van der Waals surface area contributed by atoms with Gasteiger partial charge in [-0.3, -0.25) is 14.9 Å². The highest BCUT2D eigenvalue weighted by Gasteiger charge is 2.23. The number of amides is 2. The lowest BCUT2D eigenvalue weighted by Crippen LogP contribution is -2.22. The lowest BCUT2D eigenvalue weighted by atomic mass is 10.2. The van der Waals surface area contributed by atoms with Crippen LogP contribution in [0.25, 0.3) is 5.57 Å². The Labute approximate surface area is 73.5 Å². The monoisotopic (exact) mass is 175 g/mol. The van der Waals surface area contributed by atoms with Crippen LogP contribution in [-0.4, -0.2) is 21.8 Å². The molecule has 0 saturated carbocycles. The van der Waals surface area contributed by atoms with E-state index in [2.05, 4.69) is 15.3 Å². The molecule has 5 nitrogen and oxygen atoms in total. The van der Waals surface area contributed by atoms with Crippen molar-refractivity contribution in [3.05, 3.63) is 30.4 Å². The van der Waals surface area contributed by atoms with Gasteiger partial charge in [0.1, 0.15) is 0 Å². The second-order valence-electron chi connectivity index (χ2n) is 2.45. The van der Waals surface area contributed by atoms with E-state index in [1.54, 1.807) is 6.07 Å². The van der Waals surface area contributed by atoms with Crippen molar-refractivity contribution >= 4 is 17.4 Å². The summed E-state index contributed by atoms with van der Waals surface area (Å²) in [6.45, 7) is 0. The average molecular weight is 175 g/mol. The minimum absolute atomic E-state index is 0.214. The maximum absolute atomic E-state index is 11.1. The van der Waals surface area contributed by atoms with Crippen LogP contribution in [0, 0.1) is 0 Å². The lowest BCUT2D eigenvalue weighted by molar-refractivity contribution is -0.123. The largest absolute Gasteiger partial charge is 0.289 e. The van der Waals surface area contributed by atoms with E-state index in [0.717, 1.165) is 0 Å². The van der Waals surface area contributed by atoms with Crippen LogP contribution in [0.4, 0.5) is 0 Å². The van der Waals surface area contributed by atoms with Gasteiger partial charge in [0.15, 0.2) is 5.82 Å². The first-order valence-corrected chi connectivity index (χ1v) is 3.62. The number of nitrogens with zero attached hydrogens (tertiary/aromatic N) is 2. The highest BCUT2D eigenvalue weighted by atomic mass is 16.2. The van der Waals surface area contributed by atoms with Gasteiger partial charge in [0.2, 0.25) is 0 Å². The maximum atomic E-state index is 11.1. The maximum Gasteiger partial charge on any atom is 0.262 e. The van der Waals surface area contributed by atoms with Gasteiger partial charge in [-0.2, -0.15) is 0 Å². The zero-order valence-electron chi connectivity index (χ0n) is 6.52. The van der Waals surface area contributed by atoms with Crippen molar-refractivity contribution in [3.8, 4) is 0 Å². The molecule has 1 N–H and O–H groups in total. The first-order valence-electron chi connectivity index (χ1n) is 3.62. The van der Waals surface area contributed by atoms with Gasteiger partial charge in [0, 0.05) is 18.5 Å². The molecule has 64 valence electrons. The van der Waals surface area contributed by atoms with Crippen LogP contribution in [0.15, 0.2) is 24.5 Å². The molecule has 1 aromatic rings. The predicted molar refractivity (Wildman–Crippen MR) is 43.2 cm³/mol. The van der Waals surface area contributed by atoms with Gasteiger partial charge in [0.25, 0.3) is 11.8 Å². The second kappa shape index (κ2) is 2.78. The fourth-order valence-electron chi connectivity index (χ4n) is 1.02. The summed E-state index contributed by atoms with van der Waals surface area (Å²) in [5.74, 6) is -0.602. The number of imide groups is 1. The fraction of sp³-hybridized carbons (Fsp3) is 0. The molecule has 0 spiro atoms. The second-order valence-corrected chi connectivity index (χ2v) is 2.45. The van der Waals surface area contributed by atoms with Crippen LogP contribution >= 0.6 is 0 Å². The summed E-state index contributed by atoms with van der Waals surface area (Å²) in [4.78, 5) is 29.6. The Morgan fingerprint density at radius 1 is 1.15 bits per heavy atom. The van der Waals surface area contributed by atoms with E-state index < -0.39 is 11.8 Å². The van der Waals surface area contributed by atoms with E-state index in [1.165, 1.54) is 18.5 Å². The van der Waals surface area contributed by atoms with Crippen LogP contribution in [0.1, 0.15) is 5.82 Å². The van der Waals surface area contributed by atoms with Crippen LogP contribution in [-0.2, 0) is 9.59 Å². The Morgan fingerprint density at radius 3 is 2.38 bits per heavy atom. The standard InChI is InChI=1S/C8H5N3O2/c12-6-4-5(8(13)11-6)7-9-2-1-3-10-7/h1-4H,(H,11,12,13). The van der Waals surface area contributed by atoms with Gasteiger partial charge >= 0.3 is 0 Å². The molecule has 2 heterocycles. The first-order chi connectivity index (χ1) is 6.27. The Kier molecular flexibility index (Phi) is 1.63. The van der Waals surface area contributed by atoms with Gasteiger partial charge in [0.05, 0.1) is 5.57 Å². The molecule has 0 saturated heterocycles. The number of nitrogens with one attached hydrogen (secondary N) is 1. The molecule has 13 heavy (non-hydrogen) atoms. The third kappa shape index (κ3) is 1.31. The minimum Gasteiger partial charge on any atom is -0.289 e. The Bertz CT molecular complexity index is 397. The molecule has 2 rings (SSSR count). The van der Waals surface area contributed by atoms with Crippen molar-refractivity contribution in [2.75, 3.05) is 0 Å². The van der Waals surface area contributed by atoms with Crippen LogP contribution in [0.2, 0.25) is 0 Å². The molecule has 2 amide bonds. The minimum atomic E-state index is -0.448. The smallest absolute Gasteiger partial charge is 0.262 e. The molecule has 5 heteroatoms. The van der Waals surface area contributed by atoms with Crippen LogP contribution in [0.5, 0.6) is 0 Å². The molecule has 0 unspecified atom stereocenters. The number of hydrogen-bond donors (Lipinski definition) is 1. The van der Waals surface area contributed by atoms with E-state index in [9.17, 15) is 9.59 Å². The van der Waals surface area contributed by atoms with E-state index >= 15 is 0 Å². The number of carbonyl (C=O) groups excluding carboxylic acids is 2. The van der Waals surface area contributed by atoms with Gasteiger partial charge in [-0.1, -0.05) is 0 Å². The number of aromatic nitrogens is 2. The van der Waals surface area contributed by atoms with Gasteiger partial charge in [-0.15, -0.1) is 0 Å². The van der Waals surface area contributed by atoms with E-state index in [1.807, 2.05) is 0 Å². The average Bonchev–Trinajstić information content (AvgIpc) is 2.47. The molecule has 0 radical (unpaired) electrons. The molecule has 1 aromatic heterocycles. The quantitative estimate of drug-likeness (QED) is 0.585. The third-order valence-electron chi connectivity index (χ3n) is 1.56. The third-order valence-corrected chi connectivity index (χ3v) is 1.56. The summed E-state index contributed by atoms with van der Waals surface area (Å²) in [7, 11) is 0. The summed E-state index contributed by atoms with van der Waals surface area (Å²) in [6, 6.07) is 1.64. The molecule has 0 atom stereocenters. The number of rotatable bonds is 1. The predicted octanol–water partition coefficient (Wildman–Crippen LogP) is -0.484. The zero-order valence-corrected chi connectivity index (χ0v) is 6.52. The van der Waals surface area contributed by atoms with E-state index in [-0.39, 0.29) is 11.4 Å². The van der Waals surface area contributed by atoms with Crippen molar-refractivity contribution in [1.29, 1.82) is 0 Å². The van der Waals surface area contributed by atoms with Crippen molar-refractivity contribution in [1.82, 2.24) is 15.3 Å². The van der Waals surface area contributed by atoms with Crippen molar-refractivity contribution in [3.63, 3.8) is 0 Å². The SMILES string of the molecule is O=C1C=C(c2ncccn2)C(=O)N1. The Hall–Kier alpha value is -2.04. The summed E-state index contributed by atoms with van der Waals surface area (Å²) in [6.07, 6.45) is 4.22. The molecule has 0 bridgehead atoms. The van der Waals surface area contributed by atoms with Crippen LogP contribution in [0.3, 0.4) is 0 Å². The van der Waals surface area contributed by atoms with Gasteiger partial charge < -0.3 is 0 Å². The number of hydrogen-bond acceptors (Lipinski definition) is 4. The highest BCUT2D eigenvalue weighted by Crippen LogP contribution is 2.12. The van der Waals surface area contributed by atoms with Gasteiger partial charge in [-0.25, -0.2) is 9.97 Å². The Morgan fingerprint density at radius 2 is 1.85 bits per heavy atom. The lowest BCUT2D eigenvalue weighted by Gasteiger charge is -1.95. The molecule has 1 aliphatic heterocycles. The van der Waals surface area contributed by atoms with E-state index in [0.29, 0.717) is 0 Å². The summed E-state index contributed by atoms with van der Waals surface area (Å²) in [5, 5.41) is 2.11. The van der Waals surface area contributed by atoms with Crippen molar-refractivity contribution < 1.29 is 9.59 Å². The molecular formula is C8H5N3O2. The summed E-state index contributed by atoms with van der Waals surface area (Å²) >= 11 is 0. The van der Waals surface area contributed by atoms with E-state index in [4.69, 9.17) is 0 Å². The summed E-state index contributed by atoms with van der Waals surface area (Å²) < 4.78 is 0. The van der Waals surface area contributed by atoms with Gasteiger partial charge in [-0.05, 0) is 6.07 Å².